The van der Waals surface area contributed by atoms with Crippen LogP contribution < -0.4 is 4.74 Å². The van der Waals surface area contributed by atoms with Gasteiger partial charge in [0.1, 0.15) is 11.4 Å². The quantitative estimate of drug-likeness (QED) is 0.589. The maximum Gasteiger partial charge on any atom is 0.338 e. The molecular formula is C13H17BO4. The van der Waals surface area contributed by atoms with E-state index in [4.69, 9.17) is 4.74 Å². The molecule has 96 valence electrons. The number of esters is 1. The van der Waals surface area contributed by atoms with Crippen molar-refractivity contribution in [2.24, 2.45) is 0 Å². The molecule has 0 amide bonds. The van der Waals surface area contributed by atoms with E-state index in [0.717, 1.165) is 0 Å². The zero-order valence-electron chi connectivity index (χ0n) is 11.1. The molecular weight excluding hydrogens is 231 g/mol. The van der Waals surface area contributed by atoms with Gasteiger partial charge in [-0.1, -0.05) is 6.82 Å². The highest BCUT2D eigenvalue weighted by Gasteiger charge is 2.13. The molecule has 0 aliphatic heterocycles. The van der Waals surface area contributed by atoms with Crippen molar-refractivity contribution in [3.05, 3.63) is 29.3 Å². The number of hydrogen-bond acceptors (Lipinski definition) is 4. The monoisotopic (exact) mass is 248 g/mol. The highest BCUT2D eigenvalue weighted by molar-refractivity contribution is 6.76. The molecule has 5 heteroatoms. The van der Waals surface area contributed by atoms with Gasteiger partial charge in [-0.3, -0.25) is 0 Å². The number of ether oxygens (including phenoxy) is 2. The van der Waals surface area contributed by atoms with Gasteiger partial charge in [0.25, 0.3) is 0 Å². The van der Waals surface area contributed by atoms with Crippen LogP contribution in [0.15, 0.2) is 18.2 Å². The van der Waals surface area contributed by atoms with Gasteiger partial charge in [-0.2, -0.15) is 0 Å². The largest absolute Gasteiger partial charge is 0.491 e. The van der Waals surface area contributed by atoms with Crippen molar-refractivity contribution in [3.63, 3.8) is 0 Å². The summed E-state index contributed by atoms with van der Waals surface area (Å²) in [5.41, 5.74) is 0.762. The van der Waals surface area contributed by atoms with Crippen molar-refractivity contribution >= 4 is 18.9 Å². The average Bonchev–Trinajstić information content (AvgIpc) is 2.35. The van der Waals surface area contributed by atoms with E-state index in [2.05, 4.69) is 4.74 Å². The van der Waals surface area contributed by atoms with Crippen LogP contribution in [0.25, 0.3) is 0 Å². The Labute approximate surface area is 108 Å². The molecule has 0 unspecified atom stereocenters. The Morgan fingerprint density at radius 3 is 2.28 bits per heavy atom. The maximum atomic E-state index is 11.7. The molecule has 1 aromatic rings. The first kappa shape index (κ1) is 14.3. The highest BCUT2D eigenvalue weighted by atomic mass is 16.5. The van der Waals surface area contributed by atoms with E-state index in [-0.39, 0.29) is 11.8 Å². The summed E-state index contributed by atoms with van der Waals surface area (Å²) in [7, 11) is 1.69. The molecule has 0 bridgehead atoms. The average molecular weight is 248 g/mol. The molecule has 0 aromatic heterocycles. The van der Waals surface area contributed by atoms with Crippen LogP contribution in [0.5, 0.6) is 5.75 Å². The van der Waals surface area contributed by atoms with Crippen LogP contribution in [0, 0.1) is 0 Å². The van der Waals surface area contributed by atoms with E-state index in [1.807, 2.05) is 13.8 Å². The van der Waals surface area contributed by atoms with Gasteiger partial charge in [-0.25, -0.2) is 4.79 Å². The lowest BCUT2D eigenvalue weighted by Gasteiger charge is -2.12. The Hall–Kier alpha value is -1.78. The third kappa shape index (κ3) is 3.62. The summed E-state index contributed by atoms with van der Waals surface area (Å²) in [5.74, 6) is 0.0269. The summed E-state index contributed by atoms with van der Waals surface area (Å²) >= 11 is 0. The lowest BCUT2D eigenvalue weighted by molar-refractivity contribution is 0.0600. The minimum absolute atomic E-state index is 0.0255. The molecule has 1 aromatic carbocycles. The summed E-state index contributed by atoms with van der Waals surface area (Å²) in [4.78, 5) is 23.2. The van der Waals surface area contributed by atoms with Crippen molar-refractivity contribution < 1.29 is 19.1 Å². The Kier molecular flexibility index (Phi) is 4.95. The SMILES string of the molecule is CBC(=O)c1cc(OC(C)C)cc(C(=O)OC)c1. The fourth-order valence-corrected chi connectivity index (χ4v) is 1.54. The van der Waals surface area contributed by atoms with Crippen molar-refractivity contribution in [1.29, 1.82) is 0 Å². The Morgan fingerprint density at radius 1 is 1.17 bits per heavy atom. The lowest BCUT2D eigenvalue weighted by atomic mass is 9.73. The number of carbonyl (C=O) groups is 2. The second kappa shape index (κ2) is 6.24. The zero-order chi connectivity index (χ0) is 13.7. The standard InChI is InChI=1S/C13H17BO4/c1-8(2)18-11-6-9(12(15)14-3)5-10(7-11)13(16)17-4/h5-8,14H,1-4H3. The predicted octanol–water partition coefficient (Wildman–Crippen LogP) is 1.89. The molecule has 0 aliphatic rings. The van der Waals surface area contributed by atoms with E-state index >= 15 is 0 Å². The zero-order valence-corrected chi connectivity index (χ0v) is 11.1. The summed E-state index contributed by atoms with van der Waals surface area (Å²) in [6.45, 7) is 5.54. The fourth-order valence-electron chi connectivity index (χ4n) is 1.54. The van der Waals surface area contributed by atoms with Gasteiger partial charge in [0.05, 0.1) is 18.8 Å². The molecule has 0 saturated carbocycles. The normalized spacial score (nSPS) is 10.1. The van der Waals surface area contributed by atoms with Crippen LogP contribution in [0.1, 0.15) is 34.6 Å². The van der Waals surface area contributed by atoms with Gasteiger partial charge in [0.15, 0.2) is 0 Å². The van der Waals surface area contributed by atoms with E-state index < -0.39 is 5.97 Å². The van der Waals surface area contributed by atoms with Crippen LogP contribution in [0.4, 0.5) is 0 Å². The predicted molar refractivity (Wildman–Crippen MR) is 70.9 cm³/mol. The van der Waals surface area contributed by atoms with Gasteiger partial charge in [0, 0.05) is 5.56 Å². The molecule has 0 spiro atoms. The second-order valence-corrected chi connectivity index (χ2v) is 4.18. The van der Waals surface area contributed by atoms with E-state index in [1.165, 1.54) is 13.2 Å². The minimum atomic E-state index is -0.477. The van der Waals surface area contributed by atoms with Gasteiger partial charge < -0.3 is 14.3 Å². The summed E-state index contributed by atoms with van der Waals surface area (Å²) in [6, 6.07) is 4.77. The molecule has 4 nitrogen and oxygen atoms in total. The molecule has 0 fully saturated rings. The van der Waals surface area contributed by atoms with Crippen LogP contribution in [-0.2, 0) is 4.74 Å². The Bertz CT molecular complexity index is 420. The van der Waals surface area contributed by atoms with Crippen LogP contribution in [0.3, 0.4) is 0 Å². The smallest absolute Gasteiger partial charge is 0.338 e. The third-order valence-electron chi connectivity index (χ3n) is 2.34. The van der Waals surface area contributed by atoms with Crippen molar-refractivity contribution in [2.45, 2.75) is 26.8 Å². The number of hydrogen-bond donors (Lipinski definition) is 0. The van der Waals surface area contributed by atoms with Crippen molar-refractivity contribution in [1.82, 2.24) is 0 Å². The third-order valence-corrected chi connectivity index (χ3v) is 2.34. The van der Waals surface area contributed by atoms with E-state index in [9.17, 15) is 9.59 Å². The second-order valence-electron chi connectivity index (χ2n) is 4.18. The van der Waals surface area contributed by atoms with Gasteiger partial charge in [-0.15, -0.1) is 0 Å². The Balaban J connectivity index is 3.19. The molecule has 0 N–H and O–H groups in total. The first-order valence-corrected chi connectivity index (χ1v) is 5.91. The summed E-state index contributed by atoms with van der Waals surface area (Å²) in [6.07, 6.45) is -0.0255. The molecule has 0 atom stereocenters. The van der Waals surface area contributed by atoms with Crippen LogP contribution in [0.2, 0.25) is 6.82 Å². The van der Waals surface area contributed by atoms with Gasteiger partial charge in [-0.05, 0) is 32.0 Å². The van der Waals surface area contributed by atoms with Crippen molar-refractivity contribution in [2.75, 3.05) is 7.11 Å². The summed E-state index contributed by atoms with van der Waals surface area (Å²) < 4.78 is 10.2. The molecule has 0 radical (unpaired) electrons. The van der Waals surface area contributed by atoms with Gasteiger partial charge >= 0.3 is 5.97 Å². The number of benzene rings is 1. The van der Waals surface area contributed by atoms with Crippen LogP contribution >= 0.6 is 0 Å². The highest BCUT2D eigenvalue weighted by Crippen LogP contribution is 2.19. The molecule has 0 aliphatic carbocycles. The topological polar surface area (TPSA) is 52.6 Å². The Morgan fingerprint density at radius 2 is 1.78 bits per heavy atom. The van der Waals surface area contributed by atoms with Gasteiger partial charge in [0.2, 0.25) is 7.28 Å². The van der Waals surface area contributed by atoms with E-state index in [1.54, 1.807) is 19.0 Å². The first-order valence-electron chi connectivity index (χ1n) is 5.91. The fraction of sp³-hybridized carbons (Fsp3) is 0.385. The van der Waals surface area contributed by atoms with Crippen LogP contribution in [-0.4, -0.2) is 32.1 Å². The molecule has 0 heterocycles. The van der Waals surface area contributed by atoms with E-state index in [0.29, 0.717) is 24.2 Å². The molecule has 1 rings (SSSR count). The maximum absolute atomic E-state index is 11.7. The molecule has 0 saturated heterocycles. The number of carbonyl (C=O) groups excluding carboxylic acids is 2. The lowest BCUT2D eigenvalue weighted by Crippen LogP contribution is -2.11. The molecule has 18 heavy (non-hydrogen) atoms. The van der Waals surface area contributed by atoms with Crippen molar-refractivity contribution in [3.8, 4) is 5.75 Å². The summed E-state index contributed by atoms with van der Waals surface area (Å²) in [5, 5.41) is 0. The number of methoxy groups -OCH3 is 1. The first-order chi connectivity index (χ1) is 8.47. The minimum Gasteiger partial charge on any atom is -0.491 e. The number of rotatable bonds is 5.